The van der Waals surface area contributed by atoms with Crippen LogP contribution in [0.1, 0.15) is 56.9 Å². The smallest absolute Gasteiger partial charge is 0.136 e. The molecule has 1 aromatic rings. The van der Waals surface area contributed by atoms with E-state index in [-0.39, 0.29) is 5.92 Å². The van der Waals surface area contributed by atoms with E-state index in [9.17, 15) is 4.79 Å². The van der Waals surface area contributed by atoms with E-state index in [1.165, 1.54) is 37.7 Å². The lowest BCUT2D eigenvalue weighted by Gasteiger charge is -2.48. The van der Waals surface area contributed by atoms with Crippen LogP contribution >= 0.6 is 0 Å². The molecule has 0 amide bonds. The van der Waals surface area contributed by atoms with Crippen molar-refractivity contribution in [3.8, 4) is 0 Å². The molecular formula is C22H31NO2. The van der Waals surface area contributed by atoms with Crippen LogP contribution < -0.4 is 0 Å². The second-order valence-electron chi connectivity index (χ2n) is 8.35. The average molecular weight is 341 g/mol. The monoisotopic (exact) mass is 341 g/mol. The molecule has 1 aliphatic carbocycles. The van der Waals surface area contributed by atoms with E-state index in [1.807, 2.05) is 0 Å². The molecule has 0 N–H and O–H groups in total. The maximum absolute atomic E-state index is 12.9. The topological polar surface area (TPSA) is 29.5 Å². The number of carbonyl (C=O) groups excluding carboxylic acids is 1. The first-order chi connectivity index (χ1) is 12.3. The molecule has 4 rings (SSSR count). The molecule has 3 heteroatoms. The number of Topliss-reactive ketones (excluding diaryl/α,β-unsaturated/α-hetero) is 1. The fourth-order valence-corrected chi connectivity index (χ4v) is 5.15. The minimum Gasteiger partial charge on any atom is -0.378 e. The van der Waals surface area contributed by atoms with Gasteiger partial charge in [0.1, 0.15) is 5.78 Å². The van der Waals surface area contributed by atoms with Gasteiger partial charge in [0, 0.05) is 31.0 Å². The van der Waals surface area contributed by atoms with Gasteiger partial charge in [0.15, 0.2) is 0 Å². The Morgan fingerprint density at radius 2 is 1.68 bits per heavy atom. The van der Waals surface area contributed by atoms with Crippen LogP contribution in [0, 0.1) is 11.8 Å². The largest absolute Gasteiger partial charge is 0.378 e. The van der Waals surface area contributed by atoms with Crippen LogP contribution in [0.2, 0.25) is 0 Å². The number of hydrogen-bond acceptors (Lipinski definition) is 3. The highest BCUT2D eigenvalue weighted by Crippen LogP contribution is 2.35. The molecule has 0 spiro atoms. The Morgan fingerprint density at radius 3 is 2.36 bits per heavy atom. The lowest BCUT2D eigenvalue weighted by atomic mass is 9.77. The van der Waals surface area contributed by atoms with Gasteiger partial charge in [-0.15, -0.1) is 0 Å². The molecule has 2 saturated heterocycles. The van der Waals surface area contributed by atoms with Gasteiger partial charge >= 0.3 is 0 Å². The number of ether oxygens (including phenoxy) is 1. The number of ketones is 1. The molecule has 25 heavy (non-hydrogen) atoms. The van der Waals surface area contributed by atoms with Crippen molar-refractivity contribution < 1.29 is 9.53 Å². The van der Waals surface area contributed by atoms with E-state index in [1.54, 1.807) is 0 Å². The maximum Gasteiger partial charge on any atom is 0.136 e. The van der Waals surface area contributed by atoms with Gasteiger partial charge in [-0.25, -0.2) is 0 Å². The van der Waals surface area contributed by atoms with Crippen molar-refractivity contribution in [1.29, 1.82) is 0 Å². The zero-order chi connectivity index (χ0) is 17.1. The fraction of sp³-hybridized carbons (Fsp3) is 0.682. The van der Waals surface area contributed by atoms with Crippen LogP contribution in [0.3, 0.4) is 0 Å². The Balaban J connectivity index is 1.37. The number of hydrogen-bond donors (Lipinski definition) is 0. The van der Waals surface area contributed by atoms with Gasteiger partial charge in [0.05, 0.1) is 13.2 Å². The predicted octanol–water partition coefficient (Wildman–Crippen LogP) is 4.21. The van der Waals surface area contributed by atoms with Crippen molar-refractivity contribution in [2.75, 3.05) is 13.2 Å². The van der Waals surface area contributed by atoms with E-state index in [2.05, 4.69) is 35.2 Å². The summed E-state index contributed by atoms with van der Waals surface area (Å²) < 4.78 is 5.83. The Kier molecular flexibility index (Phi) is 5.52. The number of piperidine rings is 1. The molecular weight excluding hydrogens is 310 g/mol. The average Bonchev–Trinajstić information content (AvgIpc) is 2.63. The van der Waals surface area contributed by atoms with Crippen molar-refractivity contribution in [3.63, 3.8) is 0 Å². The summed E-state index contributed by atoms with van der Waals surface area (Å²) in [6.07, 6.45) is 9.39. The lowest BCUT2D eigenvalue weighted by Crippen LogP contribution is -2.57. The zero-order valence-electron chi connectivity index (χ0n) is 15.2. The normalized spacial score (nSPS) is 31.0. The Labute approximate surface area is 151 Å². The van der Waals surface area contributed by atoms with Crippen molar-refractivity contribution in [3.05, 3.63) is 35.9 Å². The van der Waals surface area contributed by atoms with Crippen LogP contribution in [-0.4, -0.2) is 36.0 Å². The maximum atomic E-state index is 12.9. The summed E-state index contributed by atoms with van der Waals surface area (Å²) in [5.41, 5.74) is 1.37. The third-order valence-electron chi connectivity index (χ3n) is 6.55. The molecule has 0 radical (unpaired) electrons. The number of morpholine rings is 1. The standard InChI is InChI=1S/C22H31NO2/c24-22(11-17-7-3-1-4-8-17)19-12-20-15-25-16-21(13-19)23(20)14-18-9-5-2-6-10-18/h2,5-6,9-10,17,19-21H,1,3-4,7-8,11-16H2. The van der Waals surface area contributed by atoms with E-state index in [4.69, 9.17) is 4.74 Å². The molecule has 1 saturated carbocycles. The quantitative estimate of drug-likeness (QED) is 0.804. The molecule has 0 aromatic heterocycles. The molecule has 2 aliphatic heterocycles. The molecule has 3 nitrogen and oxygen atoms in total. The first kappa shape index (κ1) is 17.2. The van der Waals surface area contributed by atoms with Crippen LogP contribution in [0.25, 0.3) is 0 Å². The first-order valence-corrected chi connectivity index (χ1v) is 10.2. The highest BCUT2D eigenvalue weighted by Gasteiger charge is 2.41. The number of carbonyl (C=O) groups is 1. The van der Waals surface area contributed by atoms with Crippen molar-refractivity contribution >= 4 is 5.78 Å². The van der Waals surface area contributed by atoms with Gasteiger partial charge in [-0.3, -0.25) is 9.69 Å². The van der Waals surface area contributed by atoms with Crippen LogP contribution in [0.5, 0.6) is 0 Å². The van der Waals surface area contributed by atoms with Crippen molar-refractivity contribution in [2.24, 2.45) is 11.8 Å². The predicted molar refractivity (Wildman–Crippen MR) is 99.3 cm³/mol. The number of fused-ring (bicyclic) bond motifs is 2. The molecule has 2 bridgehead atoms. The highest BCUT2D eigenvalue weighted by molar-refractivity contribution is 5.81. The third kappa shape index (κ3) is 4.15. The Hall–Kier alpha value is -1.19. The summed E-state index contributed by atoms with van der Waals surface area (Å²) in [4.78, 5) is 15.5. The van der Waals surface area contributed by atoms with Gasteiger partial charge in [0.2, 0.25) is 0 Å². The summed E-state index contributed by atoms with van der Waals surface area (Å²) in [7, 11) is 0. The minimum absolute atomic E-state index is 0.271. The molecule has 2 heterocycles. The van der Waals surface area contributed by atoms with E-state index >= 15 is 0 Å². The van der Waals surface area contributed by atoms with Gasteiger partial charge < -0.3 is 4.74 Å². The van der Waals surface area contributed by atoms with Crippen molar-refractivity contribution in [1.82, 2.24) is 4.90 Å². The van der Waals surface area contributed by atoms with Crippen molar-refractivity contribution in [2.45, 2.75) is 70.0 Å². The third-order valence-corrected chi connectivity index (χ3v) is 6.55. The zero-order valence-corrected chi connectivity index (χ0v) is 15.2. The number of rotatable bonds is 5. The second-order valence-corrected chi connectivity index (χ2v) is 8.35. The molecule has 136 valence electrons. The molecule has 2 unspecified atom stereocenters. The summed E-state index contributed by atoms with van der Waals surface area (Å²) in [6, 6.07) is 11.5. The van der Waals surface area contributed by atoms with E-state index < -0.39 is 0 Å². The fourth-order valence-electron chi connectivity index (χ4n) is 5.15. The summed E-state index contributed by atoms with van der Waals surface area (Å²) in [5, 5.41) is 0. The van der Waals surface area contributed by atoms with Crippen LogP contribution in [0.15, 0.2) is 30.3 Å². The number of benzene rings is 1. The Bertz CT molecular complexity index is 553. The second kappa shape index (κ2) is 8.01. The molecule has 2 atom stereocenters. The first-order valence-electron chi connectivity index (χ1n) is 10.2. The SMILES string of the molecule is O=C(CC1CCCCC1)C1CC2COCC(C1)N2Cc1ccccc1. The molecule has 3 aliphatic rings. The molecule has 1 aromatic carbocycles. The molecule has 3 fully saturated rings. The van der Waals surface area contributed by atoms with E-state index in [0.29, 0.717) is 23.8 Å². The van der Waals surface area contributed by atoms with Gasteiger partial charge in [-0.05, 0) is 24.3 Å². The highest BCUT2D eigenvalue weighted by atomic mass is 16.5. The lowest BCUT2D eigenvalue weighted by molar-refractivity contribution is -0.134. The summed E-state index contributed by atoms with van der Waals surface area (Å²) >= 11 is 0. The van der Waals surface area contributed by atoms with Gasteiger partial charge in [-0.1, -0.05) is 62.4 Å². The Morgan fingerprint density at radius 1 is 1.00 bits per heavy atom. The summed E-state index contributed by atoms with van der Waals surface area (Å²) in [5.74, 6) is 1.48. The van der Waals surface area contributed by atoms with Crippen LogP contribution in [-0.2, 0) is 16.1 Å². The van der Waals surface area contributed by atoms with E-state index in [0.717, 1.165) is 39.0 Å². The minimum atomic E-state index is 0.271. The number of nitrogens with zero attached hydrogens (tertiary/aromatic N) is 1. The van der Waals surface area contributed by atoms with Gasteiger partial charge in [-0.2, -0.15) is 0 Å². The van der Waals surface area contributed by atoms with Gasteiger partial charge in [0.25, 0.3) is 0 Å². The summed E-state index contributed by atoms with van der Waals surface area (Å²) in [6.45, 7) is 2.57. The van der Waals surface area contributed by atoms with Crippen LogP contribution in [0.4, 0.5) is 0 Å².